The van der Waals surface area contributed by atoms with Crippen LogP contribution >= 0.6 is 0 Å². The number of hydrogen-bond donors (Lipinski definition) is 2. The zero-order valence-corrected chi connectivity index (χ0v) is 13.1. The Hall–Kier alpha value is -0.610. The number of likely N-dealkylation sites (tertiary alicyclic amines) is 1. The average molecular weight is 283 g/mol. The first-order chi connectivity index (χ1) is 9.21. The van der Waals surface area contributed by atoms with Gasteiger partial charge in [0.15, 0.2) is 0 Å². The van der Waals surface area contributed by atoms with Gasteiger partial charge in [0.1, 0.15) is 0 Å². The average Bonchev–Trinajstić information content (AvgIpc) is 2.74. The second-order valence-corrected chi connectivity index (χ2v) is 7.50. The maximum atomic E-state index is 12.4. The van der Waals surface area contributed by atoms with Crippen LogP contribution in [-0.2, 0) is 4.79 Å². The summed E-state index contributed by atoms with van der Waals surface area (Å²) < 4.78 is 0. The van der Waals surface area contributed by atoms with E-state index in [-0.39, 0.29) is 24.3 Å². The van der Waals surface area contributed by atoms with Gasteiger partial charge in [-0.1, -0.05) is 12.8 Å². The lowest BCUT2D eigenvalue weighted by Crippen LogP contribution is -2.51. The third-order valence-corrected chi connectivity index (χ3v) is 4.91. The summed E-state index contributed by atoms with van der Waals surface area (Å²) in [4.78, 5) is 14.3. The molecule has 0 spiro atoms. The normalized spacial score (nSPS) is 35.4. The van der Waals surface area contributed by atoms with E-state index in [1.165, 1.54) is 0 Å². The van der Waals surface area contributed by atoms with Crippen LogP contribution in [0.2, 0.25) is 0 Å². The van der Waals surface area contributed by atoms with Crippen LogP contribution in [0.15, 0.2) is 0 Å². The Morgan fingerprint density at radius 1 is 1.30 bits per heavy atom. The highest BCUT2D eigenvalue weighted by Crippen LogP contribution is 2.41. The van der Waals surface area contributed by atoms with Gasteiger partial charge in [0.05, 0.1) is 17.6 Å². The van der Waals surface area contributed by atoms with E-state index in [4.69, 9.17) is 0 Å². The number of carbonyl (C=O) groups is 1. The van der Waals surface area contributed by atoms with E-state index < -0.39 is 11.2 Å². The molecule has 2 rings (SSSR count). The molecule has 4 nitrogen and oxygen atoms in total. The van der Waals surface area contributed by atoms with Crippen LogP contribution in [0, 0.1) is 5.92 Å². The third kappa shape index (κ3) is 3.53. The fourth-order valence-corrected chi connectivity index (χ4v) is 3.94. The van der Waals surface area contributed by atoms with Crippen molar-refractivity contribution in [3.8, 4) is 0 Å². The minimum absolute atomic E-state index is 0.0290. The zero-order chi connectivity index (χ0) is 15.0. The standard InChI is InChI=1S/C16H29NO3/c1-15(2,19)11-14(18)17-10-6-8-13(17)12-7-4-5-9-16(12,3)20/h12-13,19-20H,4-11H2,1-3H3/t12-,13-,16-/m1/s1. The number of hydrogen-bond acceptors (Lipinski definition) is 3. The molecule has 3 atom stereocenters. The maximum absolute atomic E-state index is 12.4. The van der Waals surface area contributed by atoms with Crippen LogP contribution < -0.4 is 0 Å². The summed E-state index contributed by atoms with van der Waals surface area (Å²) in [7, 11) is 0. The van der Waals surface area contributed by atoms with Crippen LogP contribution in [0.25, 0.3) is 0 Å². The van der Waals surface area contributed by atoms with E-state index >= 15 is 0 Å². The minimum atomic E-state index is -0.959. The Morgan fingerprint density at radius 2 is 2.00 bits per heavy atom. The van der Waals surface area contributed by atoms with Gasteiger partial charge in [0, 0.05) is 18.5 Å². The summed E-state index contributed by atoms with van der Waals surface area (Å²) >= 11 is 0. The molecule has 4 heteroatoms. The fraction of sp³-hybridized carbons (Fsp3) is 0.938. The van der Waals surface area contributed by atoms with Crippen LogP contribution in [0.1, 0.15) is 65.7 Å². The van der Waals surface area contributed by atoms with Gasteiger partial charge in [0.25, 0.3) is 0 Å². The van der Waals surface area contributed by atoms with Gasteiger partial charge in [0.2, 0.25) is 5.91 Å². The van der Waals surface area contributed by atoms with Gasteiger partial charge < -0.3 is 15.1 Å². The SMILES string of the molecule is CC(C)(O)CC(=O)N1CCC[C@@H]1[C@H]1CCCC[C@@]1(C)O. The molecular formula is C16H29NO3. The topological polar surface area (TPSA) is 60.8 Å². The largest absolute Gasteiger partial charge is 0.390 e. The highest BCUT2D eigenvalue weighted by molar-refractivity contribution is 5.77. The van der Waals surface area contributed by atoms with Gasteiger partial charge >= 0.3 is 0 Å². The van der Waals surface area contributed by atoms with Crippen molar-refractivity contribution in [3.63, 3.8) is 0 Å². The Morgan fingerprint density at radius 3 is 2.60 bits per heavy atom. The van der Waals surface area contributed by atoms with E-state index in [2.05, 4.69) is 0 Å². The van der Waals surface area contributed by atoms with Crippen molar-refractivity contribution in [1.29, 1.82) is 0 Å². The molecule has 0 unspecified atom stereocenters. The molecule has 1 amide bonds. The minimum Gasteiger partial charge on any atom is -0.390 e. The number of amides is 1. The smallest absolute Gasteiger partial charge is 0.225 e. The van der Waals surface area contributed by atoms with Crippen molar-refractivity contribution < 1.29 is 15.0 Å². The maximum Gasteiger partial charge on any atom is 0.225 e. The van der Waals surface area contributed by atoms with E-state index in [1.807, 2.05) is 11.8 Å². The van der Waals surface area contributed by atoms with Gasteiger partial charge in [-0.2, -0.15) is 0 Å². The lowest BCUT2D eigenvalue weighted by atomic mass is 9.72. The molecule has 1 aliphatic heterocycles. The molecule has 116 valence electrons. The van der Waals surface area contributed by atoms with Crippen molar-refractivity contribution in [2.24, 2.45) is 5.92 Å². The monoisotopic (exact) mass is 283 g/mol. The Labute approximate surface area is 122 Å². The van der Waals surface area contributed by atoms with E-state index in [9.17, 15) is 15.0 Å². The summed E-state index contributed by atoms with van der Waals surface area (Å²) in [5, 5.41) is 20.5. The molecule has 0 aromatic carbocycles. The lowest BCUT2D eigenvalue weighted by Gasteiger charge is -2.43. The number of aliphatic hydroxyl groups is 2. The van der Waals surface area contributed by atoms with Gasteiger partial charge in [-0.15, -0.1) is 0 Å². The highest BCUT2D eigenvalue weighted by Gasteiger charge is 2.44. The predicted molar refractivity (Wildman–Crippen MR) is 78.2 cm³/mol. The molecule has 1 aliphatic carbocycles. The van der Waals surface area contributed by atoms with Crippen LogP contribution in [-0.4, -0.2) is 44.8 Å². The molecule has 2 N–H and O–H groups in total. The molecule has 1 heterocycles. The predicted octanol–water partition coefficient (Wildman–Crippen LogP) is 2.08. The quantitative estimate of drug-likeness (QED) is 0.833. The van der Waals surface area contributed by atoms with E-state index in [1.54, 1.807) is 13.8 Å². The first kappa shape index (κ1) is 15.8. The molecule has 0 bridgehead atoms. The van der Waals surface area contributed by atoms with Gasteiger partial charge in [-0.05, 0) is 46.5 Å². The van der Waals surface area contributed by atoms with Crippen molar-refractivity contribution in [2.75, 3.05) is 6.54 Å². The second-order valence-electron chi connectivity index (χ2n) is 7.50. The van der Waals surface area contributed by atoms with E-state index in [0.29, 0.717) is 0 Å². The van der Waals surface area contributed by atoms with Crippen molar-refractivity contribution >= 4 is 5.91 Å². The summed E-state index contributed by atoms with van der Waals surface area (Å²) in [6.45, 7) is 6.04. The summed E-state index contributed by atoms with van der Waals surface area (Å²) in [5.74, 6) is 0.214. The summed E-state index contributed by atoms with van der Waals surface area (Å²) in [6.07, 6.45) is 6.22. The second kappa shape index (κ2) is 5.64. The lowest BCUT2D eigenvalue weighted by molar-refractivity contribution is -0.140. The van der Waals surface area contributed by atoms with Crippen LogP contribution in [0.4, 0.5) is 0 Å². The first-order valence-corrected chi connectivity index (χ1v) is 7.95. The van der Waals surface area contributed by atoms with Crippen LogP contribution in [0.3, 0.4) is 0 Å². The Balaban J connectivity index is 2.08. The van der Waals surface area contributed by atoms with Gasteiger partial charge in [-0.3, -0.25) is 4.79 Å². The first-order valence-electron chi connectivity index (χ1n) is 7.95. The third-order valence-electron chi connectivity index (χ3n) is 4.91. The fourth-order valence-electron chi connectivity index (χ4n) is 3.94. The summed E-state index contributed by atoms with van der Waals surface area (Å²) in [6, 6.07) is 0.153. The molecule has 2 aliphatic rings. The van der Waals surface area contributed by atoms with Crippen molar-refractivity contribution in [3.05, 3.63) is 0 Å². The molecule has 0 aromatic rings. The highest BCUT2D eigenvalue weighted by atomic mass is 16.3. The molecular weight excluding hydrogens is 254 g/mol. The summed E-state index contributed by atoms with van der Waals surface area (Å²) in [5.41, 5.74) is -1.61. The number of nitrogens with zero attached hydrogens (tertiary/aromatic N) is 1. The Bertz CT molecular complexity index is 359. The number of carbonyl (C=O) groups excluding carboxylic acids is 1. The van der Waals surface area contributed by atoms with Crippen LogP contribution in [0.5, 0.6) is 0 Å². The molecule has 20 heavy (non-hydrogen) atoms. The molecule has 1 saturated carbocycles. The zero-order valence-electron chi connectivity index (χ0n) is 13.1. The van der Waals surface area contributed by atoms with Crippen molar-refractivity contribution in [1.82, 2.24) is 4.90 Å². The molecule has 2 fully saturated rings. The van der Waals surface area contributed by atoms with Crippen molar-refractivity contribution in [2.45, 2.75) is 83.0 Å². The molecule has 0 radical (unpaired) electrons. The number of rotatable bonds is 3. The van der Waals surface area contributed by atoms with Gasteiger partial charge in [-0.25, -0.2) is 0 Å². The van der Waals surface area contributed by atoms with E-state index in [0.717, 1.165) is 45.1 Å². The molecule has 0 aromatic heterocycles. The Kier molecular flexibility index (Phi) is 4.45. The molecule has 1 saturated heterocycles.